The van der Waals surface area contributed by atoms with Crippen LogP contribution in [-0.2, 0) is 4.79 Å². The van der Waals surface area contributed by atoms with Gasteiger partial charge in [0.1, 0.15) is 0 Å². The summed E-state index contributed by atoms with van der Waals surface area (Å²) in [5, 5.41) is 2.65. The fraction of sp³-hybridized carbons (Fsp3) is 0.500. The average molecular weight is 272 g/mol. The van der Waals surface area contributed by atoms with Crippen LogP contribution in [0, 0.1) is 0 Å². The monoisotopic (exact) mass is 271 g/mol. The Kier molecular flexibility index (Phi) is 5.25. The van der Waals surface area contributed by atoms with E-state index in [4.69, 9.17) is 0 Å². The molecular formula is C10H14BrN3O. The van der Waals surface area contributed by atoms with Crippen LogP contribution in [0.15, 0.2) is 16.9 Å². The Balaban J connectivity index is 2.34. The van der Waals surface area contributed by atoms with Crippen molar-refractivity contribution >= 4 is 27.8 Å². The first-order chi connectivity index (χ1) is 7.22. The van der Waals surface area contributed by atoms with Crippen molar-refractivity contribution < 1.29 is 4.79 Å². The largest absolute Gasteiger partial charge is 0.295 e. The zero-order valence-corrected chi connectivity index (χ0v) is 10.2. The first kappa shape index (κ1) is 12.1. The van der Waals surface area contributed by atoms with Gasteiger partial charge >= 0.3 is 0 Å². The zero-order valence-electron chi connectivity index (χ0n) is 8.66. The van der Waals surface area contributed by atoms with Crippen LogP contribution in [0.25, 0.3) is 0 Å². The number of anilines is 1. The molecule has 1 rings (SSSR count). The van der Waals surface area contributed by atoms with Gasteiger partial charge in [-0.05, 0) is 22.4 Å². The van der Waals surface area contributed by atoms with Gasteiger partial charge in [-0.15, -0.1) is 0 Å². The Hall–Kier alpha value is -0.970. The summed E-state index contributed by atoms with van der Waals surface area (Å²) in [6, 6.07) is 0. The number of carbonyl (C=O) groups excluding carboxylic acids is 1. The Labute approximate surface area is 97.6 Å². The van der Waals surface area contributed by atoms with E-state index in [9.17, 15) is 4.79 Å². The predicted molar refractivity (Wildman–Crippen MR) is 62.5 cm³/mol. The fourth-order valence-corrected chi connectivity index (χ4v) is 1.30. The van der Waals surface area contributed by atoms with E-state index in [-0.39, 0.29) is 5.91 Å². The van der Waals surface area contributed by atoms with Gasteiger partial charge in [0.2, 0.25) is 11.9 Å². The van der Waals surface area contributed by atoms with Crippen molar-refractivity contribution in [2.24, 2.45) is 0 Å². The van der Waals surface area contributed by atoms with Crippen molar-refractivity contribution in [1.29, 1.82) is 0 Å². The molecule has 4 nitrogen and oxygen atoms in total. The maximum absolute atomic E-state index is 11.4. The van der Waals surface area contributed by atoms with Crippen molar-refractivity contribution in [2.75, 3.05) is 5.32 Å². The molecule has 0 aliphatic heterocycles. The standard InChI is InChI=1S/C10H14BrN3O/c1-2-3-4-5-9(15)14-10-12-6-8(11)7-13-10/h6-7H,2-5H2,1H3,(H,12,13,14,15). The first-order valence-corrected chi connectivity index (χ1v) is 5.79. The van der Waals surface area contributed by atoms with Crippen LogP contribution < -0.4 is 5.32 Å². The van der Waals surface area contributed by atoms with Crippen LogP contribution in [0.4, 0.5) is 5.95 Å². The lowest BCUT2D eigenvalue weighted by atomic mass is 10.2. The SMILES string of the molecule is CCCCCC(=O)Nc1ncc(Br)cn1. The second-order valence-electron chi connectivity index (χ2n) is 3.23. The summed E-state index contributed by atoms with van der Waals surface area (Å²) in [7, 11) is 0. The number of unbranched alkanes of at least 4 members (excludes halogenated alkanes) is 2. The second-order valence-corrected chi connectivity index (χ2v) is 4.15. The van der Waals surface area contributed by atoms with Crippen molar-refractivity contribution in [2.45, 2.75) is 32.6 Å². The first-order valence-electron chi connectivity index (χ1n) is 4.99. The van der Waals surface area contributed by atoms with Gasteiger partial charge in [-0.3, -0.25) is 10.1 Å². The van der Waals surface area contributed by atoms with Crippen LogP contribution in [0.3, 0.4) is 0 Å². The third kappa shape index (κ3) is 4.88. The summed E-state index contributed by atoms with van der Waals surface area (Å²) in [6.45, 7) is 2.11. The van der Waals surface area contributed by atoms with Crippen molar-refractivity contribution in [3.05, 3.63) is 16.9 Å². The van der Waals surface area contributed by atoms with Gasteiger partial charge in [-0.25, -0.2) is 9.97 Å². The van der Waals surface area contributed by atoms with Crippen molar-refractivity contribution in [1.82, 2.24) is 9.97 Å². The Morgan fingerprint density at radius 1 is 1.40 bits per heavy atom. The number of hydrogen-bond donors (Lipinski definition) is 1. The molecule has 15 heavy (non-hydrogen) atoms. The topological polar surface area (TPSA) is 54.9 Å². The lowest BCUT2D eigenvalue weighted by Gasteiger charge is -2.02. The average Bonchev–Trinajstić information content (AvgIpc) is 2.22. The van der Waals surface area contributed by atoms with Gasteiger partial charge in [-0.1, -0.05) is 19.8 Å². The van der Waals surface area contributed by atoms with Crippen LogP contribution in [0.1, 0.15) is 32.6 Å². The fourth-order valence-electron chi connectivity index (χ4n) is 1.10. The minimum absolute atomic E-state index is 0.0224. The van der Waals surface area contributed by atoms with Gasteiger partial charge in [-0.2, -0.15) is 0 Å². The molecule has 82 valence electrons. The molecular weight excluding hydrogens is 258 g/mol. The molecule has 0 unspecified atom stereocenters. The second kappa shape index (κ2) is 6.50. The lowest BCUT2D eigenvalue weighted by molar-refractivity contribution is -0.116. The summed E-state index contributed by atoms with van der Waals surface area (Å²) in [4.78, 5) is 19.3. The number of nitrogens with one attached hydrogen (secondary N) is 1. The minimum Gasteiger partial charge on any atom is -0.295 e. The highest BCUT2D eigenvalue weighted by molar-refractivity contribution is 9.10. The normalized spacial score (nSPS) is 10.0. The molecule has 0 aliphatic rings. The summed E-state index contributed by atoms with van der Waals surface area (Å²) in [6.07, 6.45) is 6.85. The molecule has 1 amide bonds. The van der Waals surface area contributed by atoms with E-state index in [2.05, 4.69) is 38.1 Å². The molecule has 0 aromatic carbocycles. The molecule has 5 heteroatoms. The van der Waals surface area contributed by atoms with Crippen LogP contribution in [0.5, 0.6) is 0 Å². The highest BCUT2D eigenvalue weighted by Gasteiger charge is 2.03. The number of aromatic nitrogens is 2. The Bertz CT molecular complexity index is 313. The summed E-state index contributed by atoms with van der Waals surface area (Å²) >= 11 is 3.23. The molecule has 1 N–H and O–H groups in total. The van der Waals surface area contributed by atoms with Gasteiger partial charge in [0, 0.05) is 18.8 Å². The Morgan fingerprint density at radius 3 is 2.67 bits per heavy atom. The molecule has 1 aromatic heterocycles. The van der Waals surface area contributed by atoms with E-state index < -0.39 is 0 Å². The summed E-state index contributed by atoms with van der Waals surface area (Å²) in [5.41, 5.74) is 0. The van der Waals surface area contributed by atoms with Gasteiger partial charge < -0.3 is 0 Å². The number of carbonyl (C=O) groups is 1. The van der Waals surface area contributed by atoms with Crippen LogP contribution in [0.2, 0.25) is 0 Å². The third-order valence-corrected chi connectivity index (χ3v) is 2.29. The number of rotatable bonds is 5. The van der Waals surface area contributed by atoms with E-state index in [0.29, 0.717) is 12.4 Å². The summed E-state index contributed by atoms with van der Waals surface area (Å²) < 4.78 is 0.798. The van der Waals surface area contributed by atoms with E-state index in [1.165, 1.54) is 0 Å². The molecule has 0 saturated heterocycles. The van der Waals surface area contributed by atoms with E-state index >= 15 is 0 Å². The number of hydrogen-bond acceptors (Lipinski definition) is 3. The third-order valence-electron chi connectivity index (χ3n) is 1.88. The molecule has 0 radical (unpaired) electrons. The lowest BCUT2D eigenvalue weighted by Crippen LogP contribution is -2.13. The van der Waals surface area contributed by atoms with Gasteiger partial charge in [0.25, 0.3) is 0 Å². The summed E-state index contributed by atoms with van der Waals surface area (Å²) in [5.74, 6) is 0.338. The van der Waals surface area contributed by atoms with Gasteiger partial charge in [0.15, 0.2) is 0 Å². The molecule has 0 fully saturated rings. The predicted octanol–water partition coefficient (Wildman–Crippen LogP) is 2.76. The van der Waals surface area contributed by atoms with Crippen LogP contribution >= 0.6 is 15.9 Å². The van der Waals surface area contributed by atoms with Crippen molar-refractivity contribution in [3.63, 3.8) is 0 Å². The minimum atomic E-state index is -0.0224. The number of halogens is 1. The van der Waals surface area contributed by atoms with Crippen LogP contribution in [-0.4, -0.2) is 15.9 Å². The Morgan fingerprint density at radius 2 is 2.07 bits per heavy atom. The van der Waals surface area contributed by atoms with Crippen molar-refractivity contribution in [3.8, 4) is 0 Å². The molecule has 1 heterocycles. The highest BCUT2D eigenvalue weighted by atomic mass is 79.9. The highest BCUT2D eigenvalue weighted by Crippen LogP contribution is 2.07. The number of nitrogens with zero attached hydrogens (tertiary/aromatic N) is 2. The smallest absolute Gasteiger partial charge is 0.229 e. The van der Waals surface area contributed by atoms with E-state index in [1.54, 1.807) is 12.4 Å². The molecule has 1 aromatic rings. The number of amides is 1. The van der Waals surface area contributed by atoms with E-state index in [0.717, 1.165) is 23.7 Å². The molecule has 0 saturated carbocycles. The molecule has 0 atom stereocenters. The molecule has 0 spiro atoms. The van der Waals surface area contributed by atoms with E-state index in [1.807, 2.05) is 0 Å². The quantitative estimate of drug-likeness (QED) is 0.838. The molecule has 0 aliphatic carbocycles. The van der Waals surface area contributed by atoms with Gasteiger partial charge in [0.05, 0.1) is 4.47 Å². The molecule has 0 bridgehead atoms. The zero-order chi connectivity index (χ0) is 11.1. The maximum atomic E-state index is 11.4. The maximum Gasteiger partial charge on any atom is 0.229 e.